The van der Waals surface area contributed by atoms with Gasteiger partial charge in [0, 0.05) is 5.56 Å². The van der Waals surface area contributed by atoms with Gasteiger partial charge in [-0.2, -0.15) is 13.2 Å². The lowest BCUT2D eigenvalue weighted by atomic mass is 10.2. The molecule has 7 heteroatoms. The summed E-state index contributed by atoms with van der Waals surface area (Å²) >= 11 is 1.12. The molecule has 0 N–H and O–H groups in total. The number of ether oxygens (including phenoxy) is 1. The second-order valence-electron chi connectivity index (χ2n) is 4.62. The highest BCUT2D eigenvalue weighted by molar-refractivity contribution is 7.16. The Bertz CT molecular complexity index is 829. The molecule has 2 aromatic carbocycles. The summed E-state index contributed by atoms with van der Waals surface area (Å²) in [5.74, 6) is -0.327. The van der Waals surface area contributed by atoms with Gasteiger partial charge in [0.1, 0.15) is 16.6 Å². The second-order valence-corrected chi connectivity index (χ2v) is 5.62. The lowest BCUT2D eigenvalue weighted by Crippen LogP contribution is -2.04. The highest BCUT2D eigenvalue weighted by atomic mass is 32.1. The van der Waals surface area contributed by atoms with E-state index in [1.807, 2.05) is 0 Å². The van der Waals surface area contributed by atoms with Crippen molar-refractivity contribution in [3.8, 4) is 21.4 Å². The summed E-state index contributed by atoms with van der Waals surface area (Å²) in [6.07, 6.45) is -3.04. The molecule has 2 nitrogen and oxygen atoms in total. The third-order valence-electron chi connectivity index (χ3n) is 2.94. The third-order valence-corrected chi connectivity index (χ3v) is 3.86. The first kappa shape index (κ1) is 15.5. The summed E-state index contributed by atoms with van der Waals surface area (Å²) in [6.45, 7) is 0. The van der Waals surface area contributed by atoms with Crippen LogP contribution in [0, 0.1) is 5.82 Å². The number of rotatable bonds is 3. The maximum absolute atomic E-state index is 13.2. The number of aromatic nitrogens is 1. The van der Waals surface area contributed by atoms with E-state index in [0.29, 0.717) is 15.6 Å². The first-order valence-electron chi connectivity index (χ1n) is 6.49. The van der Waals surface area contributed by atoms with E-state index in [-0.39, 0.29) is 5.75 Å². The number of thiazole rings is 1. The van der Waals surface area contributed by atoms with E-state index in [4.69, 9.17) is 4.74 Å². The molecule has 118 valence electrons. The molecule has 0 aliphatic rings. The molecule has 0 amide bonds. The minimum absolute atomic E-state index is 0.0641. The molecule has 3 aromatic rings. The van der Waals surface area contributed by atoms with Gasteiger partial charge in [-0.15, -0.1) is 0 Å². The minimum Gasteiger partial charge on any atom is -0.445 e. The summed E-state index contributed by atoms with van der Waals surface area (Å²) < 4.78 is 56.6. The zero-order valence-electron chi connectivity index (χ0n) is 11.5. The van der Waals surface area contributed by atoms with Crippen molar-refractivity contribution in [2.24, 2.45) is 0 Å². The van der Waals surface area contributed by atoms with Crippen molar-refractivity contribution in [1.82, 2.24) is 4.98 Å². The lowest BCUT2D eigenvalue weighted by Gasteiger charge is -2.08. The summed E-state index contributed by atoms with van der Waals surface area (Å²) in [6, 6.07) is 10.5. The molecule has 0 aliphatic heterocycles. The zero-order valence-corrected chi connectivity index (χ0v) is 12.3. The van der Waals surface area contributed by atoms with Crippen LogP contribution in [0.4, 0.5) is 17.6 Å². The summed E-state index contributed by atoms with van der Waals surface area (Å²) in [5.41, 5.74) is -0.209. The van der Waals surface area contributed by atoms with E-state index >= 15 is 0 Å². The number of alkyl halides is 3. The van der Waals surface area contributed by atoms with Crippen molar-refractivity contribution in [1.29, 1.82) is 0 Å². The Balaban J connectivity index is 1.82. The fourth-order valence-electron chi connectivity index (χ4n) is 1.91. The Morgan fingerprint density at radius 2 is 1.78 bits per heavy atom. The predicted octanol–water partition coefficient (Wildman–Crippen LogP) is 5.76. The van der Waals surface area contributed by atoms with Crippen molar-refractivity contribution in [3.05, 3.63) is 66.1 Å². The van der Waals surface area contributed by atoms with Crippen LogP contribution in [0.25, 0.3) is 10.6 Å². The third kappa shape index (κ3) is 3.68. The smallest absolute Gasteiger partial charge is 0.416 e. The van der Waals surface area contributed by atoms with Crippen LogP contribution in [0.15, 0.2) is 54.7 Å². The molecule has 0 bridgehead atoms. The molecular weight excluding hydrogens is 330 g/mol. The normalized spacial score (nSPS) is 11.5. The van der Waals surface area contributed by atoms with E-state index in [2.05, 4.69) is 4.98 Å². The van der Waals surface area contributed by atoms with Gasteiger partial charge in [-0.3, -0.25) is 0 Å². The molecule has 0 spiro atoms. The van der Waals surface area contributed by atoms with Crippen LogP contribution in [0.5, 0.6) is 10.8 Å². The first-order valence-corrected chi connectivity index (χ1v) is 7.30. The van der Waals surface area contributed by atoms with Gasteiger partial charge in [0.15, 0.2) is 0 Å². The SMILES string of the molecule is Fc1cccc(-c2ncc(Oc3cccc(C(F)(F)F)c3)s2)c1. The highest BCUT2D eigenvalue weighted by Crippen LogP contribution is 2.36. The molecule has 0 atom stereocenters. The molecule has 3 rings (SSSR count). The maximum Gasteiger partial charge on any atom is 0.416 e. The van der Waals surface area contributed by atoms with Crippen LogP contribution < -0.4 is 4.74 Å². The van der Waals surface area contributed by atoms with E-state index in [0.717, 1.165) is 23.5 Å². The van der Waals surface area contributed by atoms with E-state index in [1.54, 1.807) is 12.1 Å². The van der Waals surface area contributed by atoms with Crippen LogP contribution in [0.2, 0.25) is 0 Å². The van der Waals surface area contributed by atoms with Gasteiger partial charge in [-0.1, -0.05) is 29.5 Å². The Hall–Kier alpha value is -2.41. The fraction of sp³-hybridized carbons (Fsp3) is 0.0625. The largest absolute Gasteiger partial charge is 0.445 e. The second kappa shape index (κ2) is 6.00. The topological polar surface area (TPSA) is 22.1 Å². The van der Waals surface area contributed by atoms with Crippen molar-refractivity contribution in [2.45, 2.75) is 6.18 Å². The van der Waals surface area contributed by atoms with Gasteiger partial charge >= 0.3 is 6.18 Å². The molecule has 0 saturated carbocycles. The van der Waals surface area contributed by atoms with Gasteiger partial charge in [-0.05, 0) is 30.3 Å². The number of hydrogen-bond acceptors (Lipinski definition) is 3. The summed E-state index contributed by atoms with van der Waals surface area (Å²) in [4.78, 5) is 4.10. The molecule has 0 saturated heterocycles. The van der Waals surface area contributed by atoms with E-state index < -0.39 is 17.6 Å². The van der Waals surface area contributed by atoms with E-state index in [9.17, 15) is 17.6 Å². The summed E-state index contributed by atoms with van der Waals surface area (Å²) in [5, 5.41) is 0.843. The maximum atomic E-state index is 13.2. The Labute approximate surface area is 133 Å². The van der Waals surface area contributed by atoms with Crippen LogP contribution in [0.3, 0.4) is 0 Å². The van der Waals surface area contributed by atoms with E-state index in [1.165, 1.54) is 30.5 Å². The van der Waals surface area contributed by atoms with Crippen molar-refractivity contribution >= 4 is 11.3 Å². The zero-order chi connectivity index (χ0) is 16.4. The Morgan fingerprint density at radius 3 is 2.52 bits per heavy atom. The van der Waals surface area contributed by atoms with Crippen molar-refractivity contribution < 1.29 is 22.3 Å². The number of nitrogens with zero attached hydrogens (tertiary/aromatic N) is 1. The van der Waals surface area contributed by atoms with Crippen LogP contribution in [-0.4, -0.2) is 4.98 Å². The number of halogens is 4. The molecule has 1 aromatic heterocycles. The molecule has 0 radical (unpaired) electrons. The average molecular weight is 339 g/mol. The Kier molecular flexibility index (Phi) is 4.04. The van der Waals surface area contributed by atoms with Gasteiger partial charge in [-0.25, -0.2) is 9.37 Å². The van der Waals surface area contributed by atoms with Gasteiger partial charge < -0.3 is 4.74 Å². The van der Waals surface area contributed by atoms with Crippen molar-refractivity contribution in [2.75, 3.05) is 0 Å². The summed E-state index contributed by atoms with van der Waals surface area (Å²) in [7, 11) is 0. The van der Waals surface area contributed by atoms with Gasteiger partial charge in [0.05, 0.1) is 11.8 Å². The number of benzene rings is 2. The first-order chi connectivity index (χ1) is 10.9. The Morgan fingerprint density at radius 1 is 1.00 bits per heavy atom. The molecule has 0 aliphatic carbocycles. The van der Waals surface area contributed by atoms with Crippen LogP contribution >= 0.6 is 11.3 Å². The standard InChI is InChI=1S/C16H9F4NOS/c17-12-5-1-3-10(7-12)15-21-9-14(23-15)22-13-6-2-4-11(8-13)16(18,19)20/h1-9H. The molecule has 23 heavy (non-hydrogen) atoms. The van der Waals surface area contributed by atoms with Crippen molar-refractivity contribution in [3.63, 3.8) is 0 Å². The lowest BCUT2D eigenvalue weighted by molar-refractivity contribution is -0.137. The number of hydrogen-bond donors (Lipinski definition) is 0. The molecule has 0 fully saturated rings. The average Bonchev–Trinajstić information content (AvgIpc) is 2.95. The van der Waals surface area contributed by atoms with Gasteiger partial charge in [0.25, 0.3) is 0 Å². The van der Waals surface area contributed by atoms with Crippen LogP contribution in [0.1, 0.15) is 5.56 Å². The predicted molar refractivity (Wildman–Crippen MR) is 79.0 cm³/mol. The highest BCUT2D eigenvalue weighted by Gasteiger charge is 2.30. The van der Waals surface area contributed by atoms with Gasteiger partial charge in [0.2, 0.25) is 5.06 Å². The monoisotopic (exact) mass is 339 g/mol. The minimum atomic E-state index is -4.43. The van der Waals surface area contributed by atoms with Crippen LogP contribution in [-0.2, 0) is 6.18 Å². The fourth-order valence-corrected chi connectivity index (χ4v) is 2.70. The molecule has 0 unspecified atom stereocenters. The molecule has 1 heterocycles. The quantitative estimate of drug-likeness (QED) is 0.566. The molecular formula is C16H9F4NOS.